The topological polar surface area (TPSA) is 118 Å². The first kappa shape index (κ1) is 22.9. The van der Waals surface area contributed by atoms with Gasteiger partial charge in [-0.1, -0.05) is 12.1 Å². The molecule has 158 valence electrons. The van der Waals surface area contributed by atoms with Crippen LogP contribution in [0.15, 0.2) is 58.8 Å². The molecule has 0 aliphatic heterocycles. The first-order valence-corrected chi connectivity index (χ1v) is 9.79. The molecular formula is C20H19NO8S. The molecule has 0 N–H and O–H groups in total. The standard InChI is InChI=1S/C20H19NO8S/c1-14(22)29-18-6-3-2-5-17(18)20(24)27-13-26-19(23)15-7-9-16(10-8-15)30-12-4-11-28-21-25/h2-3,5-10H,4,11-13H2,1H3. The number of para-hydroxylation sites is 1. The molecule has 0 heterocycles. The molecule has 9 nitrogen and oxygen atoms in total. The first-order valence-electron chi connectivity index (χ1n) is 8.80. The van der Waals surface area contributed by atoms with Crippen LogP contribution in [0.5, 0.6) is 5.75 Å². The summed E-state index contributed by atoms with van der Waals surface area (Å²) in [6, 6.07) is 12.8. The fourth-order valence-electron chi connectivity index (χ4n) is 2.21. The van der Waals surface area contributed by atoms with E-state index >= 15 is 0 Å². The van der Waals surface area contributed by atoms with Crippen LogP contribution in [-0.4, -0.2) is 37.1 Å². The molecule has 0 atom stereocenters. The van der Waals surface area contributed by atoms with Gasteiger partial charge in [-0.2, -0.15) is 0 Å². The zero-order valence-corrected chi connectivity index (χ0v) is 16.9. The molecule has 0 saturated heterocycles. The fourth-order valence-corrected chi connectivity index (χ4v) is 3.04. The molecule has 0 fully saturated rings. The van der Waals surface area contributed by atoms with Gasteiger partial charge in [-0.15, -0.1) is 16.7 Å². The normalized spacial score (nSPS) is 10.0. The third kappa shape index (κ3) is 7.55. The van der Waals surface area contributed by atoms with Gasteiger partial charge >= 0.3 is 17.9 Å². The molecule has 0 spiro atoms. The second-order valence-electron chi connectivity index (χ2n) is 5.71. The third-order valence-electron chi connectivity index (χ3n) is 3.53. The summed E-state index contributed by atoms with van der Waals surface area (Å²) in [6.45, 7) is 0.881. The van der Waals surface area contributed by atoms with E-state index in [1.807, 2.05) is 0 Å². The van der Waals surface area contributed by atoms with Gasteiger partial charge in [-0.25, -0.2) is 9.59 Å². The molecule has 0 saturated carbocycles. The zero-order valence-electron chi connectivity index (χ0n) is 16.1. The van der Waals surface area contributed by atoms with Gasteiger partial charge in [0.15, 0.2) is 5.34 Å². The van der Waals surface area contributed by atoms with E-state index in [4.69, 9.17) is 14.2 Å². The van der Waals surface area contributed by atoms with E-state index in [1.54, 1.807) is 36.4 Å². The van der Waals surface area contributed by atoms with Crippen LogP contribution in [0.4, 0.5) is 0 Å². The lowest BCUT2D eigenvalue weighted by molar-refractivity contribution is -0.131. The summed E-state index contributed by atoms with van der Waals surface area (Å²) in [5.41, 5.74) is 0.337. The van der Waals surface area contributed by atoms with Gasteiger partial charge in [0, 0.05) is 17.6 Å². The van der Waals surface area contributed by atoms with Crippen molar-refractivity contribution >= 4 is 29.7 Å². The minimum atomic E-state index is -0.792. The first-order chi connectivity index (χ1) is 14.5. The third-order valence-corrected chi connectivity index (χ3v) is 4.63. The highest BCUT2D eigenvalue weighted by atomic mass is 32.2. The van der Waals surface area contributed by atoms with E-state index in [0.29, 0.717) is 12.0 Å². The highest BCUT2D eigenvalue weighted by molar-refractivity contribution is 7.99. The number of thioether (sulfide) groups is 1. The number of carbonyl (C=O) groups excluding carboxylic acids is 3. The Bertz CT molecular complexity index is 885. The Hall–Kier alpha value is -3.40. The second-order valence-corrected chi connectivity index (χ2v) is 6.87. The van der Waals surface area contributed by atoms with Crippen molar-refractivity contribution in [1.82, 2.24) is 0 Å². The van der Waals surface area contributed by atoms with Crippen molar-refractivity contribution in [3.63, 3.8) is 0 Å². The lowest BCUT2D eigenvalue weighted by Crippen LogP contribution is -2.14. The van der Waals surface area contributed by atoms with Gasteiger partial charge in [-0.3, -0.25) is 4.79 Å². The van der Waals surface area contributed by atoms with E-state index in [1.165, 1.54) is 30.8 Å². The maximum atomic E-state index is 12.1. The van der Waals surface area contributed by atoms with E-state index < -0.39 is 24.7 Å². The lowest BCUT2D eigenvalue weighted by atomic mass is 10.2. The van der Waals surface area contributed by atoms with Gasteiger partial charge in [-0.05, 0) is 42.8 Å². The molecule has 0 aliphatic rings. The number of esters is 3. The van der Waals surface area contributed by atoms with Crippen LogP contribution >= 0.6 is 11.8 Å². The van der Waals surface area contributed by atoms with Crippen LogP contribution < -0.4 is 4.74 Å². The van der Waals surface area contributed by atoms with Crippen LogP contribution in [0.1, 0.15) is 34.1 Å². The second kappa shape index (κ2) is 12.2. The Morgan fingerprint density at radius 2 is 1.67 bits per heavy atom. The quantitative estimate of drug-likeness (QED) is 0.0992. The predicted molar refractivity (Wildman–Crippen MR) is 107 cm³/mol. The fraction of sp³-hybridized carbons (Fsp3) is 0.250. The SMILES string of the molecule is CC(=O)Oc1ccccc1C(=O)OCOC(=O)c1ccc(SCCCON=O)cc1. The van der Waals surface area contributed by atoms with Crippen LogP contribution in [0, 0.1) is 4.91 Å². The maximum Gasteiger partial charge on any atom is 0.344 e. The Labute approximate surface area is 176 Å². The molecule has 2 rings (SSSR count). The van der Waals surface area contributed by atoms with E-state index in [0.717, 1.165) is 10.6 Å². The minimum Gasteiger partial charge on any atom is -0.426 e. The highest BCUT2D eigenvalue weighted by Crippen LogP contribution is 2.20. The zero-order chi connectivity index (χ0) is 21.8. The summed E-state index contributed by atoms with van der Waals surface area (Å²) < 4.78 is 14.8. The molecule has 2 aromatic rings. The van der Waals surface area contributed by atoms with Crippen molar-refractivity contribution < 1.29 is 33.4 Å². The number of carbonyl (C=O) groups is 3. The summed E-state index contributed by atoms with van der Waals surface area (Å²) >= 11 is 1.54. The molecular weight excluding hydrogens is 414 g/mol. The van der Waals surface area contributed by atoms with Crippen molar-refractivity contribution in [1.29, 1.82) is 0 Å². The molecule has 0 bridgehead atoms. The molecule has 0 radical (unpaired) electrons. The van der Waals surface area contributed by atoms with Crippen molar-refractivity contribution in [2.45, 2.75) is 18.2 Å². The molecule has 10 heteroatoms. The molecule has 0 unspecified atom stereocenters. The van der Waals surface area contributed by atoms with Crippen molar-refractivity contribution in [3.8, 4) is 5.75 Å². The van der Waals surface area contributed by atoms with Gasteiger partial charge in [0.2, 0.25) is 6.79 Å². The molecule has 0 aromatic heterocycles. The number of ether oxygens (including phenoxy) is 3. The van der Waals surface area contributed by atoms with Crippen LogP contribution in [0.3, 0.4) is 0 Å². The van der Waals surface area contributed by atoms with Crippen LogP contribution in [0.2, 0.25) is 0 Å². The van der Waals surface area contributed by atoms with Gasteiger partial charge in [0.1, 0.15) is 17.9 Å². The van der Waals surface area contributed by atoms with Crippen LogP contribution in [0.25, 0.3) is 0 Å². The Morgan fingerprint density at radius 3 is 2.37 bits per heavy atom. The highest BCUT2D eigenvalue weighted by Gasteiger charge is 2.16. The van der Waals surface area contributed by atoms with Gasteiger partial charge in [0.25, 0.3) is 0 Å². The maximum absolute atomic E-state index is 12.1. The van der Waals surface area contributed by atoms with Gasteiger partial charge < -0.3 is 19.0 Å². The van der Waals surface area contributed by atoms with Crippen molar-refractivity contribution in [2.24, 2.45) is 5.34 Å². The molecule has 0 aliphatic carbocycles. The Kier molecular flexibility index (Phi) is 9.32. The summed E-state index contributed by atoms with van der Waals surface area (Å²) in [5, 5.41) is 2.32. The summed E-state index contributed by atoms with van der Waals surface area (Å²) in [5.74, 6) is -1.24. The smallest absolute Gasteiger partial charge is 0.344 e. The van der Waals surface area contributed by atoms with Crippen LogP contribution in [-0.2, 0) is 19.1 Å². The van der Waals surface area contributed by atoms with E-state index in [2.05, 4.69) is 10.2 Å². The average molecular weight is 433 g/mol. The lowest BCUT2D eigenvalue weighted by Gasteiger charge is -2.09. The largest absolute Gasteiger partial charge is 0.426 e. The minimum absolute atomic E-state index is 0.0412. The van der Waals surface area contributed by atoms with Gasteiger partial charge in [0.05, 0.1) is 5.56 Å². The summed E-state index contributed by atoms with van der Waals surface area (Å²) in [4.78, 5) is 50.4. The Morgan fingerprint density at radius 1 is 0.967 bits per heavy atom. The number of rotatable bonds is 11. The summed E-state index contributed by atoms with van der Waals surface area (Å²) in [7, 11) is 0. The monoisotopic (exact) mass is 433 g/mol. The number of hydrogen-bond donors (Lipinski definition) is 0. The average Bonchev–Trinajstić information content (AvgIpc) is 2.74. The van der Waals surface area contributed by atoms with E-state index in [-0.39, 0.29) is 17.9 Å². The predicted octanol–water partition coefficient (Wildman–Crippen LogP) is 3.76. The number of nitrogens with zero attached hydrogens (tertiary/aromatic N) is 1. The molecule has 0 amide bonds. The molecule has 30 heavy (non-hydrogen) atoms. The van der Waals surface area contributed by atoms with Crippen molar-refractivity contribution in [2.75, 3.05) is 19.2 Å². The summed E-state index contributed by atoms with van der Waals surface area (Å²) in [6.07, 6.45) is 0.659. The molecule has 2 aromatic carbocycles. The Balaban J connectivity index is 1.80. The van der Waals surface area contributed by atoms with Crippen molar-refractivity contribution in [3.05, 3.63) is 64.6 Å². The number of hydrogen-bond acceptors (Lipinski definition) is 10. The number of benzene rings is 2. The van der Waals surface area contributed by atoms with E-state index in [9.17, 15) is 19.3 Å².